The van der Waals surface area contributed by atoms with Gasteiger partial charge >= 0.3 is 5.97 Å². The smallest absolute Gasteiger partial charge is 0.338 e. The van der Waals surface area contributed by atoms with Gasteiger partial charge in [0, 0.05) is 12.1 Å². The molecule has 178 valence electrons. The number of rotatable bonds is 6. The fraction of sp³-hybridized carbons (Fsp3) is 0.500. The first kappa shape index (κ1) is 25.2. The van der Waals surface area contributed by atoms with Crippen molar-refractivity contribution in [1.29, 1.82) is 0 Å². The number of esters is 1. The molecule has 0 amide bonds. The number of carbonyl (C=O) groups is 1. The Hall–Kier alpha value is -2.39. The van der Waals surface area contributed by atoms with E-state index in [1.165, 1.54) is 48.1 Å². The second kappa shape index (κ2) is 12.7. The van der Waals surface area contributed by atoms with Crippen molar-refractivity contribution in [3.63, 3.8) is 0 Å². The van der Waals surface area contributed by atoms with Crippen molar-refractivity contribution in [2.75, 3.05) is 6.61 Å². The van der Waals surface area contributed by atoms with E-state index in [4.69, 9.17) is 4.74 Å². The first-order valence-corrected chi connectivity index (χ1v) is 13.0. The summed E-state index contributed by atoms with van der Waals surface area (Å²) in [6.45, 7) is 8.60. The van der Waals surface area contributed by atoms with Gasteiger partial charge in [0.15, 0.2) is 0 Å². The highest BCUT2D eigenvalue weighted by Crippen LogP contribution is 2.34. The molecule has 33 heavy (non-hydrogen) atoms. The zero-order valence-electron chi connectivity index (χ0n) is 20.9. The quantitative estimate of drug-likeness (QED) is 0.577. The van der Waals surface area contributed by atoms with Gasteiger partial charge in [-0.3, -0.25) is 0 Å². The van der Waals surface area contributed by atoms with Crippen LogP contribution in [0.4, 0.5) is 0 Å². The number of carbonyl (C=O) groups excluding carboxylic acids is 1. The molecule has 2 aromatic rings. The maximum absolute atomic E-state index is 12.2. The lowest BCUT2D eigenvalue weighted by Gasteiger charge is -2.33. The molecule has 0 aromatic heterocycles. The van der Waals surface area contributed by atoms with Crippen LogP contribution in [0.3, 0.4) is 0 Å². The minimum absolute atomic E-state index is 0.219. The Morgan fingerprint density at radius 2 is 1.91 bits per heavy atom. The van der Waals surface area contributed by atoms with Gasteiger partial charge in [-0.2, -0.15) is 0 Å². The topological polar surface area (TPSA) is 38.3 Å². The summed E-state index contributed by atoms with van der Waals surface area (Å²) >= 11 is 0. The summed E-state index contributed by atoms with van der Waals surface area (Å²) in [7, 11) is 0. The van der Waals surface area contributed by atoms with Gasteiger partial charge in [-0.05, 0) is 92.0 Å². The molecular formula is C30H41NO2. The van der Waals surface area contributed by atoms with Crippen LogP contribution in [-0.4, -0.2) is 24.7 Å². The number of nitrogens with one attached hydrogen (secondary N) is 1. The zero-order chi connectivity index (χ0) is 23.6. The van der Waals surface area contributed by atoms with Gasteiger partial charge in [0.2, 0.25) is 0 Å². The average molecular weight is 448 g/mol. The third-order valence-electron chi connectivity index (χ3n) is 6.87. The summed E-state index contributed by atoms with van der Waals surface area (Å²) in [6.07, 6.45) is 10.7. The predicted molar refractivity (Wildman–Crippen MR) is 139 cm³/mol. The van der Waals surface area contributed by atoms with E-state index >= 15 is 0 Å². The van der Waals surface area contributed by atoms with Gasteiger partial charge in [0.25, 0.3) is 0 Å². The first-order chi connectivity index (χ1) is 16.2. The van der Waals surface area contributed by atoms with E-state index < -0.39 is 0 Å². The lowest BCUT2D eigenvalue weighted by atomic mass is 9.80. The molecule has 1 fully saturated rings. The van der Waals surface area contributed by atoms with Crippen LogP contribution in [0.15, 0.2) is 48.5 Å². The summed E-state index contributed by atoms with van der Waals surface area (Å²) in [5, 5.41) is 6.79. The highest BCUT2D eigenvalue weighted by Gasteiger charge is 2.26. The highest BCUT2D eigenvalue weighted by atomic mass is 16.5. The zero-order valence-corrected chi connectivity index (χ0v) is 20.9. The number of benzene rings is 2. The summed E-state index contributed by atoms with van der Waals surface area (Å²) in [5.41, 5.74) is 3.49. The predicted octanol–water partition coefficient (Wildman–Crippen LogP) is 5.71. The van der Waals surface area contributed by atoms with Crippen molar-refractivity contribution >= 4 is 17.6 Å². The molecule has 3 unspecified atom stereocenters. The van der Waals surface area contributed by atoms with E-state index in [0.29, 0.717) is 30.2 Å². The van der Waals surface area contributed by atoms with Gasteiger partial charge < -0.3 is 10.1 Å². The molecule has 2 aliphatic carbocycles. The number of ether oxygens (including phenoxy) is 1. The summed E-state index contributed by atoms with van der Waals surface area (Å²) in [4.78, 5) is 12.2. The number of hydrogen-bond donors (Lipinski definition) is 1. The van der Waals surface area contributed by atoms with Gasteiger partial charge in [-0.15, -0.1) is 0 Å². The molecule has 2 aliphatic rings. The van der Waals surface area contributed by atoms with Crippen molar-refractivity contribution in [3.05, 3.63) is 70.1 Å². The summed E-state index contributed by atoms with van der Waals surface area (Å²) < 4.78 is 5.19. The number of hydrogen-bond acceptors (Lipinski definition) is 3. The van der Waals surface area contributed by atoms with Crippen LogP contribution < -0.4 is 15.8 Å². The maximum atomic E-state index is 12.2. The molecule has 4 rings (SSSR count). The molecule has 0 spiro atoms. The molecule has 0 saturated heterocycles. The molecule has 3 atom stereocenters. The Balaban J connectivity index is 0.00000149. The van der Waals surface area contributed by atoms with Crippen molar-refractivity contribution in [2.24, 2.45) is 0 Å². The monoisotopic (exact) mass is 447 g/mol. The van der Waals surface area contributed by atoms with E-state index in [0.717, 1.165) is 12.8 Å². The Kier molecular flexibility index (Phi) is 9.75. The molecule has 0 radical (unpaired) electrons. The van der Waals surface area contributed by atoms with Crippen LogP contribution in [0, 0.1) is 0 Å². The second-order valence-electron chi connectivity index (χ2n) is 9.00. The molecule has 3 nitrogen and oxygen atoms in total. The van der Waals surface area contributed by atoms with Crippen molar-refractivity contribution in [3.8, 4) is 0 Å². The third kappa shape index (κ3) is 6.57. The molecule has 1 N–H and O–H groups in total. The molecule has 0 aliphatic heterocycles. The van der Waals surface area contributed by atoms with Crippen LogP contribution in [0.2, 0.25) is 0 Å². The molecule has 3 heteroatoms. The van der Waals surface area contributed by atoms with Gasteiger partial charge in [0.05, 0.1) is 12.2 Å². The Morgan fingerprint density at radius 3 is 2.73 bits per heavy atom. The van der Waals surface area contributed by atoms with Crippen LogP contribution >= 0.6 is 0 Å². The second-order valence-corrected chi connectivity index (χ2v) is 9.00. The van der Waals surface area contributed by atoms with Crippen LogP contribution in [0.5, 0.6) is 0 Å². The minimum Gasteiger partial charge on any atom is -0.462 e. The van der Waals surface area contributed by atoms with Crippen molar-refractivity contribution < 1.29 is 9.53 Å². The molecule has 0 bridgehead atoms. The average Bonchev–Trinajstić information content (AvgIpc) is 3.08. The fourth-order valence-corrected chi connectivity index (χ4v) is 5.33. The lowest BCUT2D eigenvalue weighted by Crippen LogP contribution is -2.42. The number of fused-ring (bicyclic) bond motifs is 1. The molecule has 0 heterocycles. The standard InChI is InChI=1S/C28H35NO2.C2H6/c1-3-31-28(30)24-14-8-12-22(18-24)23-13-9-15-25(19-23)29-20(2)26-16-6-4-10-21-11-5-7-17-27(21)26;1-2/h5,7-8,10-12,14,17-18,20,23,25,29H,3-4,6,9,13,15-16,19H2,1-2H3;1-2H3. The van der Waals surface area contributed by atoms with Gasteiger partial charge in [0.1, 0.15) is 0 Å². The normalized spacial score (nSPS) is 20.9. The van der Waals surface area contributed by atoms with E-state index in [1.807, 2.05) is 39.0 Å². The maximum Gasteiger partial charge on any atom is 0.338 e. The van der Waals surface area contributed by atoms with Gasteiger partial charge in [-0.25, -0.2) is 4.79 Å². The van der Waals surface area contributed by atoms with Crippen LogP contribution in [0.25, 0.3) is 11.6 Å². The third-order valence-corrected chi connectivity index (χ3v) is 6.87. The van der Waals surface area contributed by atoms with E-state index in [9.17, 15) is 4.79 Å². The van der Waals surface area contributed by atoms with Crippen molar-refractivity contribution in [2.45, 2.75) is 90.6 Å². The van der Waals surface area contributed by atoms with Crippen LogP contribution in [0.1, 0.15) is 94.5 Å². The summed E-state index contributed by atoms with van der Waals surface area (Å²) in [6, 6.07) is 17.8. The summed E-state index contributed by atoms with van der Waals surface area (Å²) in [5.74, 6) is 0.274. The Labute approximate surface area is 199 Å². The van der Waals surface area contributed by atoms with Crippen molar-refractivity contribution in [1.82, 2.24) is 5.32 Å². The van der Waals surface area contributed by atoms with Crippen LogP contribution in [-0.2, 0) is 4.74 Å². The fourth-order valence-electron chi connectivity index (χ4n) is 5.33. The molecule has 2 aromatic carbocycles. The van der Waals surface area contributed by atoms with E-state index in [2.05, 4.69) is 48.6 Å². The SMILES string of the molecule is CC.CCOC(=O)c1cccc(C2CCCC(NC(C)C3=c4ccccc4=CCCC3)C2)c1. The van der Waals surface area contributed by atoms with E-state index in [1.54, 1.807) is 5.57 Å². The molecule has 1 saturated carbocycles. The highest BCUT2D eigenvalue weighted by molar-refractivity contribution is 5.89. The minimum atomic E-state index is -0.219. The molecular weight excluding hydrogens is 406 g/mol. The Morgan fingerprint density at radius 1 is 1.09 bits per heavy atom. The largest absolute Gasteiger partial charge is 0.462 e. The van der Waals surface area contributed by atoms with E-state index in [-0.39, 0.29) is 5.97 Å². The first-order valence-electron chi connectivity index (χ1n) is 13.0. The Bertz CT molecular complexity index is 1030. The lowest BCUT2D eigenvalue weighted by molar-refractivity contribution is 0.0526. The van der Waals surface area contributed by atoms with Gasteiger partial charge in [-0.1, -0.05) is 62.7 Å².